The molecule has 2 aromatic rings. The van der Waals surface area contributed by atoms with Gasteiger partial charge in [-0.25, -0.2) is 9.79 Å². The van der Waals surface area contributed by atoms with Gasteiger partial charge < -0.3 is 9.84 Å². The molecule has 0 unspecified atom stereocenters. The number of carbonyl (C=O) groups is 2. The van der Waals surface area contributed by atoms with Gasteiger partial charge in [-0.15, -0.1) is 0 Å². The van der Waals surface area contributed by atoms with Gasteiger partial charge >= 0.3 is 5.97 Å². The topological polar surface area (TPSA) is 79.2 Å². The van der Waals surface area contributed by atoms with E-state index in [1.165, 1.54) is 16.7 Å². The molecule has 28 heavy (non-hydrogen) atoms. The average Bonchev–Trinajstić information content (AvgIpc) is 2.96. The molecule has 2 aromatic carbocycles. The van der Waals surface area contributed by atoms with E-state index in [0.29, 0.717) is 33.5 Å². The van der Waals surface area contributed by atoms with Gasteiger partial charge in [-0.1, -0.05) is 31.2 Å². The van der Waals surface area contributed by atoms with E-state index < -0.39 is 5.97 Å². The number of amides is 1. The summed E-state index contributed by atoms with van der Waals surface area (Å²) in [5.41, 5.74) is 1.53. The predicted molar refractivity (Wildman–Crippen MR) is 111 cm³/mol. The summed E-state index contributed by atoms with van der Waals surface area (Å²) in [4.78, 5) is 30.9. The second-order valence-electron chi connectivity index (χ2n) is 6.11. The zero-order valence-electron chi connectivity index (χ0n) is 15.6. The molecule has 6 nitrogen and oxygen atoms in total. The Morgan fingerprint density at radius 3 is 2.79 bits per heavy atom. The molecule has 0 saturated carbocycles. The van der Waals surface area contributed by atoms with Crippen molar-refractivity contribution in [3.05, 3.63) is 64.6 Å². The van der Waals surface area contributed by atoms with Crippen molar-refractivity contribution in [3.8, 4) is 5.75 Å². The van der Waals surface area contributed by atoms with Gasteiger partial charge in [-0.05, 0) is 48.5 Å². The molecule has 0 aromatic heterocycles. The van der Waals surface area contributed by atoms with Gasteiger partial charge in [-0.2, -0.15) is 0 Å². The summed E-state index contributed by atoms with van der Waals surface area (Å²) in [6.45, 7) is 2.30. The van der Waals surface area contributed by atoms with Crippen LogP contribution in [0, 0.1) is 0 Å². The molecular weight excluding hydrogens is 376 g/mol. The number of hydrogen-bond acceptors (Lipinski definition) is 6. The standard InChI is InChI=1S/C21H20N2O4S/c1-3-11-27-20(26)15-8-6-9-16(12-15)22-21-23(2)19(25)18(28-21)13-14-7-4-5-10-17(14)24/h4-10,12-13,24H,3,11H2,1-2H3/b18-13+,22-21?. The van der Waals surface area contributed by atoms with E-state index in [9.17, 15) is 14.7 Å². The number of aliphatic imine (C=N–C) groups is 1. The molecule has 1 aliphatic heterocycles. The number of thioether (sulfide) groups is 1. The minimum Gasteiger partial charge on any atom is -0.507 e. The largest absolute Gasteiger partial charge is 0.507 e. The van der Waals surface area contributed by atoms with Crippen molar-refractivity contribution in [1.29, 1.82) is 0 Å². The Morgan fingerprint density at radius 2 is 2.04 bits per heavy atom. The van der Waals surface area contributed by atoms with Crippen LogP contribution < -0.4 is 0 Å². The molecule has 1 heterocycles. The third-order valence-electron chi connectivity index (χ3n) is 3.97. The van der Waals surface area contributed by atoms with E-state index in [0.717, 1.165) is 6.42 Å². The van der Waals surface area contributed by atoms with Crippen molar-refractivity contribution >= 4 is 40.6 Å². The molecule has 1 fully saturated rings. The van der Waals surface area contributed by atoms with Gasteiger partial charge in [0, 0.05) is 12.6 Å². The molecule has 0 spiro atoms. The van der Waals surface area contributed by atoms with Crippen LogP contribution in [-0.4, -0.2) is 40.7 Å². The summed E-state index contributed by atoms with van der Waals surface area (Å²) in [6.07, 6.45) is 2.39. The fourth-order valence-corrected chi connectivity index (χ4v) is 3.47. The highest BCUT2D eigenvalue weighted by Gasteiger charge is 2.30. The summed E-state index contributed by atoms with van der Waals surface area (Å²) in [6, 6.07) is 13.6. The van der Waals surface area contributed by atoms with Gasteiger partial charge in [0.05, 0.1) is 22.8 Å². The Labute approximate surface area is 167 Å². The lowest BCUT2D eigenvalue weighted by molar-refractivity contribution is -0.121. The van der Waals surface area contributed by atoms with E-state index in [1.807, 2.05) is 6.92 Å². The zero-order valence-corrected chi connectivity index (χ0v) is 16.4. The highest BCUT2D eigenvalue weighted by molar-refractivity contribution is 8.18. The molecule has 1 amide bonds. The number of rotatable bonds is 5. The second kappa shape index (κ2) is 8.75. The fraction of sp³-hybridized carbons (Fsp3) is 0.190. The van der Waals surface area contributed by atoms with Crippen LogP contribution in [-0.2, 0) is 9.53 Å². The lowest BCUT2D eigenvalue weighted by atomic mass is 10.2. The molecule has 3 rings (SSSR count). The molecule has 0 atom stereocenters. The maximum Gasteiger partial charge on any atom is 0.338 e. The maximum absolute atomic E-state index is 12.5. The first-order chi connectivity index (χ1) is 13.5. The lowest BCUT2D eigenvalue weighted by Gasteiger charge is -2.08. The number of ether oxygens (including phenoxy) is 1. The SMILES string of the molecule is CCCOC(=O)c1cccc(N=C2S/C(=C/c3ccccc3O)C(=O)N2C)c1. The van der Waals surface area contributed by atoms with Gasteiger partial charge in [-0.3, -0.25) is 9.69 Å². The van der Waals surface area contributed by atoms with Crippen LogP contribution in [0.25, 0.3) is 6.08 Å². The first kappa shape index (κ1) is 19.7. The van der Waals surface area contributed by atoms with Crippen molar-refractivity contribution in [3.63, 3.8) is 0 Å². The summed E-state index contributed by atoms with van der Waals surface area (Å²) < 4.78 is 5.15. The smallest absolute Gasteiger partial charge is 0.338 e. The minimum atomic E-state index is -0.396. The second-order valence-corrected chi connectivity index (χ2v) is 7.12. The van der Waals surface area contributed by atoms with Crippen molar-refractivity contribution in [1.82, 2.24) is 4.90 Å². The maximum atomic E-state index is 12.5. The Balaban J connectivity index is 1.84. The number of hydrogen-bond donors (Lipinski definition) is 1. The van der Waals surface area contributed by atoms with E-state index in [4.69, 9.17) is 4.74 Å². The number of phenols is 1. The summed E-state index contributed by atoms with van der Waals surface area (Å²) in [7, 11) is 1.64. The Morgan fingerprint density at radius 1 is 1.25 bits per heavy atom. The van der Waals surface area contributed by atoms with Crippen LogP contribution in [0.4, 0.5) is 5.69 Å². The summed E-state index contributed by atoms with van der Waals surface area (Å²) >= 11 is 1.21. The number of likely N-dealkylation sites (N-methyl/N-ethyl adjacent to an activating group) is 1. The molecule has 7 heteroatoms. The van der Waals surface area contributed by atoms with Crippen molar-refractivity contribution in [2.45, 2.75) is 13.3 Å². The Kier molecular flexibility index (Phi) is 6.16. The molecular formula is C21H20N2O4S. The van der Waals surface area contributed by atoms with Crippen molar-refractivity contribution in [2.75, 3.05) is 13.7 Å². The number of benzene rings is 2. The highest BCUT2D eigenvalue weighted by atomic mass is 32.2. The van der Waals surface area contributed by atoms with E-state index in [2.05, 4.69) is 4.99 Å². The third kappa shape index (κ3) is 4.43. The molecule has 0 aliphatic carbocycles. The van der Waals surface area contributed by atoms with Crippen molar-refractivity contribution in [2.24, 2.45) is 4.99 Å². The summed E-state index contributed by atoms with van der Waals surface area (Å²) in [5.74, 6) is -0.493. The molecule has 1 saturated heterocycles. The normalized spacial score (nSPS) is 16.8. The number of para-hydroxylation sites is 1. The number of amidine groups is 1. The first-order valence-corrected chi connectivity index (χ1v) is 9.62. The van der Waals surface area contributed by atoms with Gasteiger partial charge in [0.2, 0.25) is 0 Å². The Hall–Kier alpha value is -3.06. The molecule has 0 radical (unpaired) electrons. The van der Waals surface area contributed by atoms with Crippen LogP contribution in [0.2, 0.25) is 0 Å². The molecule has 0 bridgehead atoms. The number of carbonyl (C=O) groups excluding carboxylic acids is 2. The number of esters is 1. The molecule has 144 valence electrons. The van der Waals surface area contributed by atoms with E-state index in [-0.39, 0.29) is 11.7 Å². The predicted octanol–water partition coefficient (Wildman–Crippen LogP) is 4.19. The average molecular weight is 396 g/mol. The molecule has 1 aliphatic rings. The lowest BCUT2D eigenvalue weighted by Crippen LogP contribution is -2.23. The first-order valence-electron chi connectivity index (χ1n) is 8.81. The van der Waals surface area contributed by atoms with Crippen LogP contribution in [0.3, 0.4) is 0 Å². The summed E-state index contributed by atoms with van der Waals surface area (Å²) in [5, 5.41) is 10.4. The van der Waals surface area contributed by atoms with Gasteiger partial charge in [0.1, 0.15) is 5.75 Å². The van der Waals surface area contributed by atoms with E-state index >= 15 is 0 Å². The number of aromatic hydroxyl groups is 1. The van der Waals surface area contributed by atoms with Crippen LogP contribution in [0.5, 0.6) is 5.75 Å². The van der Waals surface area contributed by atoms with Gasteiger partial charge in [0.25, 0.3) is 5.91 Å². The number of nitrogens with zero attached hydrogens (tertiary/aromatic N) is 2. The van der Waals surface area contributed by atoms with Gasteiger partial charge in [0.15, 0.2) is 5.17 Å². The van der Waals surface area contributed by atoms with Crippen LogP contribution in [0.15, 0.2) is 58.4 Å². The van der Waals surface area contributed by atoms with Crippen LogP contribution in [0.1, 0.15) is 29.3 Å². The monoisotopic (exact) mass is 396 g/mol. The molecule has 1 N–H and O–H groups in total. The van der Waals surface area contributed by atoms with Crippen molar-refractivity contribution < 1.29 is 19.4 Å². The minimum absolute atomic E-state index is 0.106. The third-order valence-corrected chi connectivity index (χ3v) is 5.03. The quantitative estimate of drug-likeness (QED) is 0.605. The van der Waals surface area contributed by atoms with Crippen LogP contribution >= 0.6 is 11.8 Å². The Bertz CT molecular complexity index is 968. The highest BCUT2D eigenvalue weighted by Crippen LogP contribution is 2.34. The van der Waals surface area contributed by atoms with E-state index in [1.54, 1.807) is 61.7 Å². The fourth-order valence-electron chi connectivity index (χ4n) is 2.49. The number of phenolic OH excluding ortho intramolecular Hbond substituents is 1. The zero-order chi connectivity index (χ0) is 20.1.